The number of aliphatic carboxylic acids is 2. The van der Waals surface area contributed by atoms with Gasteiger partial charge in [-0.2, -0.15) is 0 Å². The maximum atomic E-state index is 10.2. The summed E-state index contributed by atoms with van der Waals surface area (Å²) in [6, 6.07) is 5.52. The minimum atomic E-state index is -1.09. The first-order valence-corrected chi connectivity index (χ1v) is 9.26. The first-order chi connectivity index (χ1) is 13.0. The fraction of sp³-hybridized carbons (Fsp3) is 0.125. The fourth-order valence-corrected chi connectivity index (χ4v) is 2.69. The van der Waals surface area contributed by atoms with Crippen LogP contribution in [0.2, 0.25) is 30.1 Å². The van der Waals surface area contributed by atoms with Crippen LogP contribution < -0.4 is 9.47 Å². The molecule has 10 N–H and O–H groups in total. The van der Waals surface area contributed by atoms with E-state index in [4.69, 9.17) is 89.3 Å². The van der Waals surface area contributed by atoms with Crippen molar-refractivity contribution in [2.75, 3.05) is 13.2 Å². The summed E-state index contributed by atoms with van der Waals surface area (Å²) in [5.41, 5.74) is 0. The van der Waals surface area contributed by atoms with Gasteiger partial charge in [0.25, 0.3) is 0 Å². The molecule has 0 aromatic heterocycles. The molecule has 2 aromatic carbocycles. The van der Waals surface area contributed by atoms with Gasteiger partial charge >= 0.3 is 11.9 Å². The van der Waals surface area contributed by atoms with Gasteiger partial charge in [-0.05, 0) is 12.1 Å². The summed E-state index contributed by atoms with van der Waals surface area (Å²) in [4.78, 5) is 20.4. The number of carboxylic acids is 2. The third-order valence-corrected chi connectivity index (χ3v) is 4.69. The Bertz CT molecular complexity index is 816. The van der Waals surface area contributed by atoms with Crippen LogP contribution in [-0.4, -0.2) is 57.3 Å². The molecule has 0 heterocycles. The van der Waals surface area contributed by atoms with Crippen LogP contribution in [0.25, 0.3) is 0 Å². The van der Waals surface area contributed by atoms with E-state index in [1.807, 2.05) is 0 Å². The number of hydrogen-bond donors (Lipinski definition) is 2. The molecule has 10 nitrogen and oxygen atoms in total. The van der Waals surface area contributed by atoms with Gasteiger partial charge < -0.3 is 41.6 Å². The van der Waals surface area contributed by atoms with E-state index < -0.39 is 25.2 Å². The molecule has 0 amide bonds. The zero-order valence-electron chi connectivity index (χ0n) is 15.9. The predicted octanol–water partition coefficient (Wildman–Crippen LogP) is 2.92. The van der Waals surface area contributed by atoms with E-state index in [2.05, 4.69) is 0 Å². The molecule has 191 valence electrons. The standard InChI is InChI=1S/2C8H5Cl3O3.Mn.4H2O/c2*9-4-1-6(11)7(2-5(4)10)14-3-8(12)13;;;;;/h2*1-2H,3H2,(H,12,13);;4*1H2. The van der Waals surface area contributed by atoms with E-state index in [-0.39, 0.29) is 70.6 Å². The largest absolute Gasteiger partial charge is 0.480 e. The third-order valence-electron chi connectivity index (χ3n) is 2.65. The number of ether oxygens (including phenoxy) is 2. The first kappa shape index (κ1) is 42.3. The second kappa shape index (κ2) is 20.5. The van der Waals surface area contributed by atoms with Gasteiger partial charge in [-0.3, -0.25) is 0 Å². The fourth-order valence-electron chi connectivity index (χ4n) is 1.51. The Labute approximate surface area is 227 Å². The molecule has 33 heavy (non-hydrogen) atoms. The molecule has 0 atom stereocenters. The van der Waals surface area contributed by atoms with Crippen LogP contribution in [0.5, 0.6) is 11.5 Å². The van der Waals surface area contributed by atoms with Crippen molar-refractivity contribution in [3.8, 4) is 11.5 Å². The number of hydrogen-bond acceptors (Lipinski definition) is 4. The number of carbonyl (C=O) groups is 2. The Kier molecular flexibility index (Phi) is 26.2. The summed E-state index contributed by atoms with van der Waals surface area (Å²) in [5.74, 6) is -1.79. The van der Waals surface area contributed by atoms with E-state index in [1.54, 1.807) is 0 Å². The quantitative estimate of drug-likeness (QED) is 0.358. The van der Waals surface area contributed by atoms with E-state index in [0.29, 0.717) is 10.0 Å². The third kappa shape index (κ3) is 15.6. The van der Waals surface area contributed by atoms with Crippen LogP contribution in [0, 0.1) is 0 Å². The molecule has 0 saturated heterocycles. The predicted molar refractivity (Wildman–Crippen MR) is 124 cm³/mol. The summed E-state index contributed by atoms with van der Waals surface area (Å²) in [6.07, 6.45) is 0. The summed E-state index contributed by atoms with van der Waals surface area (Å²) in [6.45, 7) is -0.949. The molecule has 0 aliphatic rings. The second-order valence-corrected chi connectivity index (χ2v) is 7.20. The molecule has 0 aliphatic heterocycles. The smallest absolute Gasteiger partial charge is 0.341 e. The van der Waals surface area contributed by atoms with Crippen LogP contribution in [-0.2, 0) is 26.7 Å². The minimum absolute atomic E-state index is 0. The summed E-state index contributed by atoms with van der Waals surface area (Å²) >= 11 is 34.1. The molecule has 17 heteroatoms. The Balaban J connectivity index is -0.000000138. The Morgan fingerprint density at radius 3 is 1.06 bits per heavy atom. The average Bonchev–Trinajstić information content (AvgIpc) is 2.59. The van der Waals surface area contributed by atoms with Crippen LogP contribution >= 0.6 is 69.6 Å². The average molecular weight is 638 g/mol. The van der Waals surface area contributed by atoms with Crippen molar-refractivity contribution in [3.63, 3.8) is 0 Å². The SMILES string of the molecule is O.O.O.O.O=C(O)COc1cc(Cl)c(Cl)cc1Cl.O=C(O)COc1cc(Cl)c(Cl)cc1Cl.[Mn]. The van der Waals surface area contributed by atoms with Crippen molar-refractivity contribution in [2.24, 2.45) is 0 Å². The molecule has 2 aromatic rings. The number of halogens is 6. The monoisotopic (exact) mass is 635 g/mol. The maximum absolute atomic E-state index is 10.2. The molecule has 0 unspecified atom stereocenters. The molecule has 2 rings (SSSR count). The van der Waals surface area contributed by atoms with Crippen molar-refractivity contribution >= 4 is 81.5 Å². The second-order valence-electron chi connectivity index (χ2n) is 4.76. The summed E-state index contributed by atoms with van der Waals surface area (Å²) in [7, 11) is 0. The van der Waals surface area contributed by atoms with Gasteiger partial charge in [-0.1, -0.05) is 69.6 Å². The molecular weight excluding hydrogens is 620 g/mol. The van der Waals surface area contributed by atoms with Crippen molar-refractivity contribution in [3.05, 3.63) is 54.4 Å². The molecule has 0 spiro atoms. The molecule has 0 fully saturated rings. The Hall–Kier alpha value is -0.921. The maximum Gasteiger partial charge on any atom is 0.341 e. The number of benzene rings is 2. The minimum Gasteiger partial charge on any atom is -0.480 e. The normalized spacial score (nSPS) is 8.42. The van der Waals surface area contributed by atoms with Gasteiger partial charge in [0.05, 0.1) is 30.1 Å². The van der Waals surface area contributed by atoms with Gasteiger partial charge in [-0.15, -0.1) is 0 Å². The van der Waals surface area contributed by atoms with E-state index in [1.165, 1.54) is 24.3 Å². The first-order valence-electron chi connectivity index (χ1n) is 6.99. The van der Waals surface area contributed by atoms with E-state index in [9.17, 15) is 9.59 Å². The van der Waals surface area contributed by atoms with Crippen molar-refractivity contribution in [1.82, 2.24) is 0 Å². The zero-order chi connectivity index (χ0) is 21.4. The van der Waals surface area contributed by atoms with Gasteiger partial charge in [0.2, 0.25) is 0 Å². The van der Waals surface area contributed by atoms with Crippen LogP contribution in [0.4, 0.5) is 0 Å². The van der Waals surface area contributed by atoms with E-state index >= 15 is 0 Å². The number of carboxylic acid groups (broad SMARTS) is 2. The Morgan fingerprint density at radius 2 is 0.818 bits per heavy atom. The topological polar surface area (TPSA) is 219 Å². The molecule has 1 radical (unpaired) electrons. The van der Waals surface area contributed by atoms with Crippen LogP contribution in [0.3, 0.4) is 0 Å². The molecule has 0 aliphatic carbocycles. The van der Waals surface area contributed by atoms with Gasteiger partial charge in [0.1, 0.15) is 11.5 Å². The molecule has 0 saturated carbocycles. The molecule has 0 bridgehead atoms. The molecular formula is C16H18Cl6MnO10. The van der Waals surface area contributed by atoms with Gasteiger partial charge in [0.15, 0.2) is 13.2 Å². The van der Waals surface area contributed by atoms with Crippen LogP contribution in [0.1, 0.15) is 0 Å². The van der Waals surface area contributed by atoms with Gasteiger partial charge in [-0.25, -0.2) is 9.59 Å². The summed E-state index contributed by atoms with van der Waals surface area (Å²) in [5, 5.41) is 18.3. The van der Waals surface area contributed by atoms with Gasteiger partial charge in [0, 0.05) is 29.2 Å². The van der Waals surface area contributed by atoms with E-state index in [0.717, 1.165) is 0 Å². The van der Waals surface area contributed by atoms with Crippen molar-refractivity contribution < 1.29 is 68.2 Å². The zero-order valence-corrected chi connectivity index (χ0v) is 21.6. The van der Waals surface area contributed by atoms with Crippen LogP contribution in [0.15, 0.2) is 24.3 Å². The number of rotatable bonds is 6. The summed E-state index contributed by atoms with van der Waals surface area (Å²) < 4.78 is 9.72. The Morgan fingerprint density at radius 1 is 0.576 bits per heavy atom. The van der Waals surface area contributed by atoms with Crippen molar-refractivity contribution in [1.29, 1.82) is 0 Å². The van der Waals surface area contributed by atoms with Crippen molar-refractivity contribution in [2.45, 2.75) is 0 Å².